The van der Waals surface area contributed by atoms with Crippen molar-refractivity contribution in [3.63, 3.8) is 0 Å². The molecule has 5 rings (SSSR count). The monoisotopic (exact) mass is 483 g/mol. The van der Waals surface area contributed by atoms with Crippen molar-refractivity contribution in [1.29, 1.82) is 0 Å². The molecule has 0 bridgehead atoms. The third-order valence-corrected chi connectivity index (χ3v) is 7.40. The second kappa shape index (κ2) is 10.1. The van der Waals surface area contributed by atoms with Gasteiger partial charge in [-0.25, -0.2) is 0 Å². The molecule has 36 heavy (non-hydrogen) atoms. The SMILES string of the molecule is CCN(CC)C(=O)c1ccc(C2(c3cccc(OC)c3)CCCN(c3nc4ccccc4o3)C2)cc1. The molecule has 0 aliphatic carbocycles. The van der Waals surface area contributed by atoms with Crippen molar-refractivity contribution in [2.75, 3.05) is 38.2 Å². The second-order valence-corrected chi connectivity index (χ2v) is 9.36. The molecule has 0 N–H and O–H groups in total. The minimum Gasteiger partial charge on any atom is -0.497 e. The Morgan fingerprint density at radius 3 is 2.53 bits per heavy atom. The number of hydrogen-bond donors (Lipinski definition) is 0. The van der Waals surface area contributed by atoms with Gasteiger partial charge < -0.3 is 19.0 Å². The van der Waals surface area contributed by atoms with Gasteiger partial charge in [0.2, 0.25) is 0 Å². The topological polar surface area (TPSA) is 58.8 Å². The maximum atomic E-state index is 12.9. The molecule has 1 aliphatic rings. The van der Waals surface area contributed by atoms with Crippen molar-refractivity contribution in [1.82, 2.24) is 9.88 Å². The summed E-state index contributed by atoms with van der Waals surface area (Å²) in [5, 5.41) is 0. The van der Waals surface area contributed by atoms with Gasteiger partial charge in [-0.05, 0) is 74.2 Å². The van der Waals surface area contributed by atoms with Crippen LogP contribution >= 0.6 is 0 Å². The lowest BCUT2D eigenvalue weighted by molar-refractivity contribution is 0.0773. The average molecular weight is 484 g/mol. The highest BCUT2D eigenvalue weighted by Crippen LogP contribution is 2.43. The van der Waals surface area contributed by atoms with E-state index >= 15 is 0 Å². The van der Waals surface area contributed by atoms with Crippen molar-refractivity contribution in [2.45, 2.75) is 32.1 Å². The first-order chi connectivity index (χ1) is 17.6. The van der Waals surface area contributed by atoms with Crippen LogP contribution in [0.4, 0.5) is 6.01 Å². The quantitative estimate of drug-likeness (QED) is 0.327. The number of amides is 1. The summed E-state index contributed by atoms with van der Waals surface area (Å²) in [6.07, 6.45) is 1.95. The number of rotatable bonds is 7. The summed E-state index contributed by atoms with van der Waals surface area (Å²) >= 11 is 0. The number of ether oxygens (including phenoxy) is 1. The predicted molar refractivity (Wildman–Crippen MR) is 143 cm³/mol. The fourth-order valence-electron chi connectivity index (χ4n) is 5.40. The van der Waals surface area contributed by atoms with Crippen LogP contribution in [0.1, 0.15) is 48.2 Å². The highest BCUT2D eigenvalue weighted by Gasteiger charge is 2.40. The van der Waals surface area contributed by atoms with Gasteiger partial charge in [0.25, 0.3) is 11.9 Å². The van der Waals surface area contributed by atoms with E-state index in [-0.39, 0.29) is 11.3 Å². The largest absolute Gasteiger partial charge is 0.497 e. The molecule has 1 saturated heterocycles. The van der Waals surface area contributed by atoms with Gasteiger partial charge in [-0.2, -0.15) is 4.98 Å². The smallest absolute Gasteiger partial charge is 0.298 e. The van der Waals surface area contributed by atoms with Gasteiger partial charge in [-0.3, -0.25) is 4.79 Å². The van der Waals surface area contributed by atoms with Crippen molar-refractivity contribution in [3.05, 3.63) is 89.5 Å². The Balaban J connectivity index is 1.56. The Morgan fingerprint density at radius 1 is 1.03 bits per heavy atom. The van der Waals surface area contributed by atoms with Crippen LogP contribution in [0, 0.1) is 0 Å². The highest BCUT2D eigenvalue weighted by molar-refractivity contribution is 5.94. The van der Waals surface area contributed by atoms with E-state index in [0.29, 0.717) is 19.1 Å². The molecule has 4 aromatic rings. The Kier molecular flexibility index (Phi) is 6.68. The number of oxazole rings is 1. The molecule has 3 aromatic carbocycles. The Hall–Kier alpha value is -3.80. The van der Waals surface area contributed by atoms with Crippen LogP contribution in [0.2, 0.25) is 0 Å². The summed E-state index contributed by atoms with van der Waals surface area (Å²) in [7, 11) is 1.70. The van der Waals surface area contributed by atoms with Gasteiger partial charge in [0.1, 0.15) is 11.3 Å². The van der Waals surface area contributed by atoms with E-state index in [4.69, 9.17) is 14.1 Å². The zero-order valence-electron chi connectivity index (χ0n) is 21.2. The van der Waals surface area contributed by atoms with Crippen LogP contribution in [0.3, 0.4) is 0 Å². The third-order valence-electron chi connectivity index (χ3n) is 7.40. The lowest BCUT2D eigenvalue weighted by Crippen LogP contribution is -2.47. The Morgan fingerprint density at radius 2 is 1.81 bits per heavy atom. The lowest BCUT2D eigenvalue weighted by atomic mass is 9.69. The number of nitrogens with zero attached hydrogens (tertiary/aromatic N) is 3. The molecule has 1 aliphatic heterocycles. The van der Waals surface area contributed by atoms with Gasteiger partial charge >= 0.3 is 0 Å². The molecule has 6 nitrogen and oxygen atoms in total. The minimum absolute atomic E-state index is 0.0683. The molecule has 1 unspecified atom stereocenters. The van der Waals surface area contributed by atoms with E-state index in [2.05, 4.69) is 29.2 Å². The summed E-state index contributed by atoms with van der Waals surface area (Å²) < 4.78 is 11.7. The number of para-hydroxylation sites is 2. The van der Waals surface area contributed by atoms with Crippen molar-refractivity contribution >= 4 is 23.0 Å². The van der Waals surface area contributed by atoms with E-state index in [1.54, 1.807) is 7.11 Å². The zero-order valence-corrected chi connectivity index (χ0v) is 21.2. The molecule has 0 saturated carbocycles. The van der Waals surface area contributed by atoms with Gasteiger partial charge in [0, 0.05) is 37.2 Å². The summed E-state index contributed by atoms with van der Waals surface area (Å²) in [5.74, 6) is 0.901. The first kappa shape index (κ1) is 23.9. The van der Waals surface area contributed by atoms with Crippen LogP contribution in [-0.4, -0.2) is 49.1 Å². The zero-order chi connectivity index (χ0) is 25.1. The fourth-order valence-corrected chi connectivity index (χ4v) is 5.40. The number of anilines is 1. The number of carbonyl (C=O) groups excluding carboxylic acids is 1. The van der Waals surface area contributed by atoms with Crippen molar-refractivity contribution in [2.24, 2.45) is 0 Å². The number of hydrogen-bond acceptors (Lipinski definition) is 5. The van der Waals surface area contributed by atoms with E-state index < -0.39 is 0 Å². The van der Waals surface area contributed by atoms with Crippen LogP contribution in [-0.2, 0) is 5.41 Å². The van der Waals surface area contributed by atoms with Gasteiger partial charge in [-0.15, -0.1) is 0 Å². The van der Waals surface area contributed by atoms with E-state index in [1.165, 1.54) is 11.1 Å². The molecular formula is C30H33N3O3. The summed E-state index contributed by atoms with van der Waals surface area (Å²) in [4.78, 5) is 21.8. The van der Waals surface area contributed by atoms with Gasteiger partial charge in [-0.1, -0.05) is 36.4 Å². The lowest BCUT2D eigenvalue weighted by Gasteiger charge is -2.43. The van der Waals surface area contributed by atoms with Crippen LogP contribution in [0.15, 0.2) is 77.2 Å². The predicted octanol–water partition coefficient (Wildman–Crippen LogP) is 5.90. The number of fused-ring (bicyclic) bond motifs is 1. The van der Waals surface area contributed by atoms with Crippen LogP contribution in [0.25, 0.3) is 11.1 Å². The van der Waals surface area contributed by atoms with Crippen LogP contribution in [0.5, 0.6) is 5.75 Å². The van der Waals surface area contributed by atoms with Crippen molar-refractivity contribution in [3.8, 4) is 5.75 Å². The van der Waals surface area contributed by atoms with E-state index in [1.807, 2.05) is 67.3 Å². The first-order valence-electron chi connectivity index (χ1n) is 12.7. The van der Waals surface area contributed by atoms with E-state index in [0.717, 1.165) is 48.3 Å². The van der Waals surface area contributed by atoms with E-state index in [9.17, 15) is 4.79 Å². The molecule has 6 heteroatoms. The molecule has 1 aromatic heterocycles. The molecule has 0 spiro atoms. The van der Waals surface area contributed by atoms with Crippen LogP contribution < -0.4 is 9.64 Å². The standard InChI is InChI=1S/C30H33N3O3/c1-4-32(5-2)28(34)22-14-16-23(17-15-22)30(24-10-8-11-25(20-24)35-3)18-9-19-33(21-30)29-31-26-12-6-7-13-27(26)36-29/h6-8,10-17,20H,4-5,9,18-19,21H2,1-3H3. The first-order valence-corrected chi connectivity index (χ1v) is 12.7. The molecule has 0 radical (unpaired) electrons. The number of piperidine rings is 1. The fraction of sp³-hybridized carbons (Fsp3) is 0.333. The normalized spacial score (nSPS) is 17.8. The maximum absolute atomic E-state index is 12.9. The molecule has 186 valence electrons. The minimum atomic E-state index is -0.301. The number of methoxy groups -OCH3 is 1. The highest BCUT2D eigenvalue weighted by atomic mass is 16.5. The molecule has 1 atom stereocenters. The number of carbonyl (C=O) groups is 1. The molecule has 1 fully saturated rings. The van der Waals surface area contributed by atoms with Crippen molar-refractivity contribution < 1.29 is 13.9 Å². The van der Waals surface area contributed by atoms with Gasteiger partial charge in [0.05, 0.1) is 7.11 Å². The Labute approximate surface area is 212 Å². The number of benzene rings is 3. The number of aromatic nitrogens is 1. The summed E-state index contributed by atoms with van der Waals surface area (Å²) in [6.45, 7) is 7.01. The second-order valence-electron chi connectivity index (χ2n) is 9.36. The van der Waals surface area contributed by atoms with Gasteiger partial charge in [0.15, 0.2) is 5.58 Å². The summed E-state index contributed by atoms with van der Waals surface area (Å²) in [6, 6.07) is 25.0. The maximum Gasteiger partial charge on any atom is 0.298 e. The molecule has 2 heterocycles. The third kappa shape index (κ3) is 4.32. The molecule has 1 amide bonds. The average Bonchev–Trinajstić information content (AvgIpc) is 3.38. The summed E-state index contributed by atoms with van der Waals surface area (Å²) in [5.41, 5.74) is 4.44. The Bertz CT molecular complexity index is 1310. The molecular weight excluding hydrogens is 450 g/mol.